The van der Waals surface area contributed by atoms with Crippen molar-refractivity contribution >= 4 is 23.4 Å². The summed E-state index contributed by atoms with van der Waals surface area (Å²) in [4.78, 5) is 34.6. The number of nitrogens with one attached hydrogen (secondary N) is 3. The molecule has 0 atom stereocenters. The minimum Gasteiger partial charge on any atom is -0.495 e. The van der Waals surface area contributed by atoms with Gasteiger partial charge in [0, 0.05) is 6.42 Å². The lowest BCUT2D eigenvalue weighted by Gasteiger charge is -2.11. The molecule has 0 aliphatic carbocycles. The molecule has 0 radical (unpaired) electrons. The summed E-state index contributed by atoms with van der Waals surface area (Å²) >= 11 is 0. The first-order valence-corrected chi connectivity index (χ1v) is 6.55. The average molecular weight is 291 g/mol. The quantitative estimate of drug-likeness (QED) is 0.688. The van der Waals surface area contributed by atoms with E-state index in [0.29, 0.717) is 11.4 Å². The van der Waals surface area contributed by atoms with Crippen molar-refractivity contribution < 1.29 is 19.1 Å². The smallest absolute Gasteiger partial charge is 0.251 e. The average Bonchev–Trinajstić information content (AvgIpc) is 2.76. The van der Waals surface area contributed by atoms with Gasteiger partial charge < -0.3 is 10.1 Å². The van der Waals surface area contributed by atoms with Crippen molar-refractivity contribution in [2.75, 3.05) is 12.4 Å². The molecule has 3 N–H and O–H groups in total. The minimum absolute atomic E-state index is 0.0720. The highest BCUT2D eigenvalue weighted by Gasteiger charge is 2.32. The molecular weight excluding hydrogens is 274 g/mol. The van der Waals surface area contributed by atoms with Crippen LogP contribution in [-0.2, 0) is 14.4 Å². The summed E-state index contributed by atoms with van der Waals surface area (Å²) in [6, 6.07) is 5.44. The lowest BCUT2D eigenvalue weighted by Crippen LogP contribution is -2.28. The molecular formula is C14H17N3O4. The number of methoxy groups -OCH3 is 1. The molecule has 3 amide bonds. The Kier molecular flexibility index (Phi) is 4.42. The molecule has 1 aliphatic heterocycles. The highest BCUT2D eigenvalue weighted by Crippen LogP contribution is 2.25. The molecule has 21 heavy (non-hydrogen) atoms. The number of aryl methyl sites for hydroxylation is 1. The maximum atomic E-state index is 11.9. The van der Waals surface area contributed by atoms with Gasteiger partial charge in [-0.15, -0.1) is 0 Å². The van der Waals surface area contributed by atoms with Crippen molar-refractivity contribution in [2.45, 2.75) is 19.8 Å². The molecule has 0 aromatic heterocycles. The highest BCUT2D eigenvalue weighted by molar-refractivity contribution is 6.05. The molecule has 1 aliphatic rings. The van der Waals surface area contributed by atoms with Gasteiger partial charge in [0.1, 0.15) is 11.7 Å². The van der Waals surface area contributed by atoms with E-state index in [1.807, 2.05) is 13.0 Å². The van der Waals surface area contributed by atoms with E-state index in [1.54, 1.807) is 12.1 Å². The van der Waals surface area contributed by atoms with E-state index in [4.69, 9.17) is 4.74 Å². The Hall–Kier alpha value is -2.57. The number of rotatable bonds is 5. The van der Waals surface area contributed by atoms with E-state index in [2.05, 4.69) is 16.2 Å². The predicted molar refractivity (Wildman–Crippen MR) is 75.4 cm³/mol. The molecule has 1 aromatic rings. The monoisotopic (exact) mass is 291 g/mol. The molecule has 1 aromatic carbocycles. The van der Waals surface area contributed by atoms with Crippen molar-refractivity contribution in [2.24, 2.45) is 5.92 Å². The van der Waals surface area contributed by atoms with Crippen LogP contribution in [0.15, 0.2) is 18.2 Å². The van der Waals surface area contributed by atoms with Gasteiger partial charge in [-0.05, 0) is 31.0 Å². The molecule has 1 fully saturated rings. The van der Waals surface area contributed by atoms with Gasteiger partial charge in [-0.25, -0.2) is 0 Å². The van der Waals surface area contributed by atoms with Gasteiger partial charge in [0.25, 0.3) is 11.8 Å². The summed E-state index contributed by atoms with van der Waals surface area (Å²) in [5, 5.41) is 2.73. The first-order chi connectivity index (χ1) is 10.0. The predicted octanol–water partition coefficient (Wildman–Crippen LogP) is 0.500. The summed E-state index contributed by atoms with van der Waals surface area (Å²) in [6.07, 6.45) is 0.236. The standard InChI is InChI=1S/C14H17N3O4/c1-8-3-5-11(21-2)10(7-8)15-12(18)6-4-9-13(19)16-17-14(9)20/h3,5,7,9H,4,6H2,1-2H3,(H,15,18)(H,16,19)(H,17,20). The molecule has 0 saturated carbocycles. The number of ether oxygens (including phenoxy) is 1. The zero-order valence-electron chi connectivity index (χ0n) is 11.9. The number of hydrogen-bond acceptors (Lipinski definition) is 4. The Morgan fingerprint density at radius 3 is 2.57 bits per heavy atom. The fraction of sp³-hybridized carbons (Fsp3) is 0.357. The molecule has 0 unspecified atom stereocenters. The van der Waals surface area contributed by atoms with Crippen LogP contribution in [0.2, 0.25) is 0 Å². The van der Waals surface area contributed by atoms with Crippen LogP contribution in [0.25, 0.3) is 0 Å². The Morgan fingerprint density at radius 2 is 1.95 bits per heavy atom. The van der Waals surface area contributed by atoms with Gasteiger partial charge in [0.05, 0.1) is 12.8 Å². The number of carbonyl (C=O) groups excluding carboxylic acids is 3. The number of benzene rings is 1. The second-order valence-electron chi connectivity index (χ2n) is 4.82. The van der Waals surface area contributed by atoms with E-state index in [-0.39, 0.29) is 18.7 Å². The summed E-state index contributed by atoms with van der Waals surface area (Å²) in [5.41, 5.74) is 6.02. The molecule has 112 valence electrons. The van der Waals surface area contributed by atoms with Crippen molar-refractivity contribution in [1.82, 2.24) is 10.9 Å². The zero-order chi connectivity index (χ0) is 15.4. The number of amides is 3. The molecule has 7 heteroatoms. The second-order valence-corrected chi connectivity index (χ2v) is 4.82. The van der Waals surface area contributed by atoms with E-state index in [0.717, 1.165) is 5.56 Å². The zero-order valence-corrected chi connectivity index (χ0v) is 11.9. The van der Waals surface area contributed by atoms with Crippen LogP contribution < -0.4 is 20.9 Å². The SMILES string of the molecule is COc1ccc(C)cc1NC(=O)CCC1C(=O)NNC1=O. The van der Waals surface area contributed by atoms with Crippen LogP contribution in [0.3, 0.4) is 0 Å². The van der Waals surface area contributed by atoms with Crippen molar-refractivity contribution in [3.63, 3.8) is 0 Å². The first kappa shape index (κ1) is 14.8. The maximum absolute atomic E-state index is 11.9. The minimum atomic E-state index is -0.810. The Balaban J connectivity index is 1.94. The van der Waals surface area contributed by atoms with Crippen LogP contribution in [0, 0.1) is 12.8 Å². The third-order valence-corrected chi connectivity index (χ3v) is 3.23. The van der Waals surface area contributed by atoms with E-state index in [1.165, 1.54) is 7.11 Å². The lowest BCUT2D eigenvalue weighted by atomic mass is 10.0. The van der Waals surface area contributed by atoms with Crippen LogP contribution in [0.5, 0.6) is 5.75 Å². The molecule has 1 heterocycles. The fourth-order valence-corrected chi connectivity index (χ4v) is 2.09. The third-order valence-electron chi connectivity index (χ3n) is 3.23. The van der Waals surface area contributed by atoms with Gasteiger partial charge in [-0.1, -0.05) is 6.07 Å². The molecule has 0 spiro atoms. The lowest BCUT2D eigenvalue weighted by molar-refractivity contribution is -0.128. The summed E-state index contributed by atoms with van der Waals surface area (Å²) < 4.78 is 5.17. The van der Waals surface area contributed by atoms with Gasteiger partial charge in [0.2, 0.25) is 5.91 Å². The van der Waals surface area contributed by atoms with Crippen molar-refractivity contribution in [3.05, 3.63) is 23.8 Å². The Bertz CT molecular complexity index is 570. The number of hydrogen-bond donors (Lipinski definition) is 3. The van der Waals surface area contributed by atoms with E-state index >= 15 is 0 Å². The number of hydrazine groups is 1. The number of anilines is 1. The fourth-order valence-electron chi connectivity index (χ4n) is 2.09. The number of carbonyl (C=O) groups is 3. The van der Waals surface area contributed by atoms with Gasteiger partial charge in [-0.3, -0.25) is 25.2 Å². The van der Waals surface area contributed by atoms with Crippen molar-refractivity contribution in [1.29, 1.82) is 0 Å². The van der Waals surface area contributed by atoms with Gasteiger partial charge in [0.15, 0.2) is 0 Å². The third kappa shape index (κ3) is 3.50. The van der Waals surface area contributed by atoms with Crippen LogP contribution >= 0.6 is 0 Å². The van der Waals surface area contributed by atoms with Crippen molar-refractivity contribution in [3.8, 4) is 5.75 Å². The first-order valence-electron chi connectivity index (χ1n) is 6.55. The summed E-state index contributed by atoms with van der Waals surface area (Å²) in [6.45, 7) is 1.91. The van der Waals surface area contributed by atoms with Crippen LogP contribution in [0.4, 0.5) is 5.69 Å². The highest BCUT2D eigenvalue weighted by atomic mass is 16.5. The largest absolute Gasteiger partial charge is 0.495 e. The van der Waals surface area contributed by atoms with Gasteiger partial charge >= 0.3 is 0 Å². The summed E-state index contributed by atoms with van der Waals surface area (Å²) in [7, 11) is 1.52. The molecule has 7 nitrogen and oxygen atoms in total. The molecule has 0 bridgehead atoms. The van der Waals surface area contributed by atoms with Gasteiger partial charge in [-0.2, -0.15) is 0 Å². The van der Waals surface area contributed by atoms with E-state index < -0.39 is 17.7 Å². The maximum Gasteiger partial charge on any atom is 0.251 e. The normalized spacial score (nSPS) is 14.6. The Labute approximate surface area is 122 Å². The van der Waals surface area contributed by atoms with Crippen LogP contribution in [0.1, 0.15) is 18.4 Å². The molecule has 1 saturated heterocycles. The summed E-state index contributed by atoms with van der Waals surface area (Å²) in [5.74, 6) is -1.33. The van der Waals surface area contributed by atoms with Crippen LogP contribution in [-0.4, -0.2) is 24.8 Å². The second kappa shape index (κ2) is 6.25. The topological polar surface area (TPSA) is 96.5 Å². The molecule has 2 rings (SSSR count). The van der Waals surface area contributed by atoms with E-state index in [9.17, 15) is 14.4 Å². The Morgan fingerprint density at radius 1 is 1.29 bits per heavy atom.